The summed E-state index contributed by atoms with van der Waals surface area (Å²) in [5, 5.41) is 4.00. The van der Waals surface area contributed by atoms with Crippen molar-refractivity contribution in [2.45, 2.75) is 26.0 Å². The third kappa shape index (κ3) is 4.59. The maximum atomic E-state index is 13.0. The second-order valence-corrected chi connectivity index (χ2v) is 7.30. The van der Waals surface area contributed by atoms with Crippen molar-refractivity contribution >= 4 is 11.0 Å². The molecule has 2 heterocycles. The predicted molar refractivity (Wildman–Crippen MR) is 117 cm³/mol. The van der Waals surface area contributed by atoms with Crippen molar-refractivity contribution in [1.29, 1.82) is 0 Å². The number of halogens is 2. The van der Waals surface area contributed by atoms with Crippen LogP contribution in [-0.2, 0) is 6.61 Å². The molecule has 2 aromatic carbocycles. The molecule has 6 nitrogen and oxygen atoms in total. The van der Waals surface area contributed by atoms with Crippen molar-refractivity contribution in [1.82, 2.24) is 9.97 Å². The van der Waals surface area contributed by atoms with E-state index in [1.807, 2.05) is 37.3 Å². The van der Waals surface area contributed by atoms with Crippen LogP contribution >= 0.6 is 0 Å². The van der Waals surface area contributed by atoms with Gasteiger partial charge in [0, 0.05) is 28.9 Å². The smallest absolute Gasteiger partial charge is 0.272 e. The number of alkyl halides is 2. The zero-order valence-corrected chi connectivity index (χ0v) is 17.3. The van der Waals surface area contributed by atoms with Crippen LogP contribution in [0.25, 0.3) is 11.0 Å². The summed E-state index contributed by atoms with van der Waals surface area (Å²) in [7, 11) is 0. The summed E-state index contributed by atoms with van der Waals surface area (Å²) in [6.07, 6.45) is 0.580. The SMILES string of the molecule is Cc1ccc(COc2cccc(C(N=O)c3c[nH]c4ncccc34)c2OCC(F)F)cc1. The van der Waals surface area contributed by atoms with Crippen LogP contribution in [0.4, 0.5) is 8.78 Å². The van der Waals surface area contributed by atoms with Crippen molar-refractivity contribution in [3.63, 3.8) is 0 Å². The molecule has 164 valence electrons. The van der Waals surface area contributed by atoms with Crippen molar-refractivity contribution in [3.8, 4) is 11.5 Å². The minimum Gasteiger partial charge on any atom is -0.485 e. The van der Waals surface area contributed by atoms with Gasteiger partial charge in [0.2, 0.25) is 0 Å². The average molecular weight is 437 g/mol. The van der Waals surface area contributed by atoms with Crippen molar-refractivity contribution in [2.24, 2.45) is 5.18 Å². The number of nitrogens with one attached hydrogen (secondary N) is 1. The fourth-order valence-corrected chi connectivity index (χ4v) is 3.49. The zero-order valence-electron chi connectivity index (χ0n) is 17.3. The molecule has 1 unspecified atom stereocenters. The minimum absolute atomic E-state index is 0.0720. The Hall–Kier alpha value is -3.81. The molecular weight excluding hydrogens is 416 g/mol. The Morgan fingerprint density at radius 3 is 2.59 bits per heavy atom. The van der Waals surface area contributed by atoms with E-state index in [0.717, 1.165) is 11.1 Å². The number of nitroso groups, excluding NO2 is 1. The zero-order chi connectivity index (χ0) is 22.5. The Morgan fingerprint density at radius 2 is 1.84 bits per heavy atom. The molecule has 2 aromatic heterocycles. The summed E-state index contributed by atoms with van der Waals surface area (Å²) in [6, 6.07) is 15.3. The molecule has 4 rings (SSSR count). The van der Waals surface area contributed by atoms with Gasteiger partial charge in [0.25, 0.3) is 6.43 Å². The lowest BCUT2D eigenvalue weighted by molar-refractivity contribution is 0.0791. The van der Waals surface area contributed by atoms with Crippen molar-refractivity contribution in [3.05, 3.63) is 94.2 Å². The maximum Gasteiger partial charge on any atom is 0.272 e. The first-order valence-corrected chi connectivity index (χ1v) is 10.0. The van der Waals surface area contributed by atoms with Crippen LogP contribution in [0.2, 0.25) is 0 Å². The maximum absolute atomic E-state index is 13.0. The standard InChI is InChI=1S/C24H21F2N3O3/c1-15-7-9-16(10-8-15)13-31-20-6-2-4-18(23(20)32-14-21(25)26)22(29-30)19-12-28-24-17(19)5-3-11-27-24/h2-12,21-22H,13-14H2,1H3,(H,27,28). The van der Waals surface area contributed by atoms with Gasteiger partial charge in [0.05, 0.1) is 0 Å². The van der Waals surface area contributed by atoms with Gasteiger partial charge in [-0.2, -0.15) is 0 Å². The van der Waals surface area contributed by atoms with Gasteiger partial charge in [-0.15, -0.1) is 4.91 Å². The van der Waals surface area contributed by atoms with Crippen molar-refractivity contribution < 1.29 is 18.3 Å². The molecule has 0 aliphatic heterocycles. The first-order valence-electron chi connectivity index (χ1n) is 10.0. The first kappa shape index (κ1) is 21.4. The van der Waals surface area contributed by atoms with E-state index in [-0.39, 0.29) is 18.1 Å². The number of H-pyrrole nitrogens is 1. The molecule has 0 fully saturated rings. The second kappa shape index (κ2) is 9.55. The van der Waals surface area contributed by atoms with Crippen LogP contribution in [-0.4, -0.2) is 23.0 Å². The number of aryl methyl sites for hydroxylation is 1. The van der Waals surface area contributed by atoms with Gasteiger partial charge in [-0.05, 0) is 30.7 Å². The number of ether oxygens (including phenoxy) is 2. The minimum atomic E-state index is -2.69. The number of para-hydroxylation sites is 1. The summed E-state index contributed by atoms with van der Waals surface area (Å²) in [4.78, 5) is 19.2. The first-order chi connectivity index (χ1) is 15.6. The fraction of sp³-hybridized carbons (Fsp3) is 0.208. The van der Waals surface area contributed by atoms with Gasteiger partial charge in [-0.25, -0.2) is 13.8 Å². The fourth-order valence-electron chi connectivity index (χ4n) is 3.49. The third-order valence-corrected chi connectivity index (χ3v) is 5.06. The highest BCUT2D eigenvalue weighted by Crippen LogP contribution is 2.41. The average Bonchev–Trinajstić information content (AvgIpc) is 3.22. The lowest BCUT2D eigenvalue weighted by Gasteiger charge is -2.19. The molecule has 0 bridgehead atoms. The van der Waals surface area contributed by atoms with Crippen LogP contribution in [0.3, 0.4) is 0 Å². The van der Waals surface area contributed by atoms with E-state index in [0.29, 0.717) is 22.2 Å². The summed E-state index contributed by atoms with van der Waals surface area (Å²) in [6.45, 7) is 1.36. The molecule has 0 aliphatic carbocycles. The van der Waals surface area contributed by atoms with Crippen LogP contribution in [0, 0.1) is 11.8 Å². The molecule has 32 heavy (non-hydrogen) atoms. The predicted octanol–water partition coefficient (Wildman–Crippen LogP) is 5.95. The third-order valence-electron chi connectivity index (χ3n) is 5.06. The van der Waals surface area contributed by atoms with E-state index >= 15 is 0 Å². The van der Waals surface area contributed by atoms with Crippen LogP contribution in [0.5, 0.6) is 11.5 Å². The Bertz CT molecular complexity index is 1210. The molecule has 4 aromatic rings. The molecule has 0 saturated heterocycles. The number of benzene rings is 2. The number of rotatable bonds is 9. The number of hydrogen-bond donors (Lipinski definition) is 1. The highest BCUT2D eigenvalue weighted by Gasteiger charge is 2.26. The second-order valence-electron chi connectivity index (χ2n) is 7.30. The van der Waals surface area contributed by atoms with E-state index in [1.165, 1.54) is 0 Å². The van der Waals surface area contributed by atoms with E-state index < -0.39 is 19.1 Å². The Balaban J connectivity index is 1.71. The van der Waals surface area contributed by atoms with Gasteiger partial charge < -0.3 is 14.5 Å². The summed E-state index contributed by atoms with van der Waals surface area (Å²) in [5.74, 6) is 0.332. The van der Waals surface area contributed by atoms with E-state index in [1.54, 1.807) is 36.7 Å². The molecular formula is C24H21F2N3O3. The van der Waals surface area contributed by atoms with Gasteiger partial charge in [-0.3, -0.25) is 0 Å². The number of pyridine rings is 1. The Labute approximate surface area is 183 Å². The number of aromatic amines is 1. The lowest BCUT2D eigenvalue weighted by Crippen LogP contribution is -2.11. The number of hydrogen-bond acceptors (Lipinski definition) is 5. The lowest BCUT2D eigenvalue weighted by atomic mass is 9.98. The van der Waals surface area contributed by atoms with Gasteiger partial charge in [0.1, 0.15) is 24.9 Å². The molecule has 1 atom stereocenters. The van der Waals surface area contributed by atoms with Gasteiger partial charge >= 0.3 is 0 Å². The normalized spacial score (nSPS) is 12.1. The Morgan fingerprint density at radius 1 is 1.03 bits per heavy atom. The number of aromatic nitrogens is 2. The molecule has 0 aliphatic rings. The van der Waals surface area contributed by atoms with Gasteiger partial charge in [-0.1, -0.05) is 47.1 Å². The molecule has 0 amide bonds. The van der Waals surface area contributed by atoms with Crippen LogP contribution < -0.4 is 9.47 Å². The van der Waals surface area contributed by atoms with Crippen LogP contribution in [0.15, 0.2) is 72.2 Å². The monoisotopic (exact) mass is 437 g/mol. The quantitative estimate of drug-likeness (QED) is 0.328. The largest absolute Gasteiger partial charge is 0.485 e. The summed E-state index contributed by atoms with van der Waals surface area (Å²) in [5.41, 5.74) is 3.53. The summed E-state index contributed by atoms with van der Waals surface area (Å²) >= 11 is 0. The number of fused-ring (bicyclic) bond motifs is 1. The van der Waals surface area contributed by atoms with Gasteiger partial charge in [0.15, 0.2) is 11.5 Å². The van der Waals surface area contributed by atoms with Crippen LogP contribution in [0.1, 0.15) is 28.3 Å². The topological polar surface area (TPSA) is 76.6 Å². The molecule has 1 N–H and O–H groups in total. The van der Waals surface area contributed by atoms with Crippen molar-refractivity contribution in [2.75, 3.05) is 6.61 Å². The molecule has 8 heteroatoms. The number of nitrogens with zero attached hydrogens (tertiary/aromatic N) is 2. The van der Waals surface area contributed by atoms with E-state index in [9.17, 15) is 13.7 Å². The molecule has 0 radical (unpaired) electrons. The highest BCUT2D eigenvalue weighted by molar-refractivity contribution is 5.81. The Kier molecular flexibility index (Phi) is 6.39. The molecule has 0 saturated carbocycles. The van der Waals surface area contributed by atoms with E-state index in [2.05, 4.69) is 15.1 Å². The molecule has 0 spiro atoms. The summed E-state index contributed by atoms with van der Waals surface area (Å²) < 4.78 is 37.3. The van der Waals surface area contributed by atoms with E-state index in [4.69, 9.17) is 9.47 Å². The highest BCUT2D eigenvalue weighted by atomic mass is 19.3.